The second kappa shape index (κ2) is 6.19. The SMILES string of the molecule is CCCOc1ccc(-c2cccc(C(C)=O)c2)cc1. The van der Waals surface area contributed by atoms with Crippen molar-refractivity contribution in [2.75, 3.05) is 6.61 Å². The summed E-state index contributed by atoms with van der Waals surface area (Å²) < 4.78 is 5.55. The smallest absolute Gasteiger partial charge is 0.159 e. The molecule has 0 saturated carbocycles. The minimum atomic E-state index is 0.0877. The Bertz CT molecular complexity index is 556. The predicted molar refractivity (Wildman–Crippen MR) is 77.7 cm³/mol. The molecule has 98 valence electrons. The van der Waals surface area contributed by atoms with Gasteiger partial charge in [-0.05, 0) is 42.7 Å². The van der Waals surface area contributed by atoms with Gasteiger partial charge in [-0.15, -0.1) is 0 Å². The molecule has 0 spiro atoms. The third kappa shape index (κ3) is 3.44. The fourth-order valence-electron chi connectivity index (χ4n) is 1.88. The second-order valence-electron chi connectivity index (χ2n) is 4.51. The molecule has 0 amide bonds. The van der Waals surface area contributed by atoms with Gasteiger partial charge in [0.25, 0.3) is 0 Å². The molecule has 2 nitrogen and oxygen atoms in total. The molecule has 0 fully saturated rings. The van der Waals surface area contributed by atoms with Crippen LogP contribution in [0.15, 0.2) is 48.5 Å². The molecule has 0 bridgehead atoms. The average molecular weight is 254 g/mol. The van der Waals surface area contributed by atoms with Crippen LogP contribution in [0.25, 0.3) is 11.1 Å². The van der Waals surface area contributed by atoms with Crippen LogP contribution in [0.5, 0.6) is 5.75 Å². The molecule has 0 atom stereocenters. The maximum Gasteiger partial charge on any atom is 0.159 e. The Morgan fingerprint density at radius 3 is 2.42 bits per heavy atom. The molecule has 0 radical (unpaired) electrons. The van der Waals surface area contributed by atoms with Gasteiger partial charge in [0, 0.05) is 5.56 Å². The van der Waals surface area contributed by atoms with Gasteiger partial charge in [-0.25, -0.2) is 0 Å². The summed E-state index contributed by atoms with van der Waals surface area (Å²) in [5, 5.41) is 0. The lowest BCUT2D eigenvalue weighted by atomic mass is 10.0. The zero-order chi connectivity index (χ0) is 13.7. The molecule has 0 aliphatic carbocycles. The molecule has 0 aliphatic heterocycles. The Balaban J connectivity index is 2.22. The van der Waals surface area contributed by atoms with Gasteiger partial charge in [0.15, 0.2) is 5.78 Å². The quantitative estimate of drug-likeness (QED) is 0.742. The number of hydrogen-bond acceptors (Lipinski definition) is 2. The fraction of sp³-hybridized carbons (Fsp3) is 0.235. The van der Waals surface area contributed by atoms with E-state index in [0.29, 0.717) is 0 Å². The van der Waals surface area contributed by atoms with E-state index in [1.165, 1.54) is 0 Å². The van der Waals surface area contributed by atoms with Gasteiger partial charge in [0.2, 0.25) is 0 Å². The van der Waals surface area contributed by atoms with Gasteiger partial charge in [-0.2, -0.15) is 0 Å². The zero-order valence-corrected chi connectivity index (χ0v) is 11.3. The van der Waals surface area contributed by atoms with E-state index in [1.807, 2.05) is 48.5 Å². The number of hydrogen-bond donors (Lipinski definition) is 0. The summed E-state index contributed by atoms with van der Waals surface area (Å²) in [6, 6.07) is 15.6. The summed E-state index contributed by atoms with van der Waals surface area (Å²) in [6.45, 7) is 4.40. The summed E-state index contributed by atoms with van der Waals surface area (Å²) in [6.07, 6.45) is 1.00. The summed E-state index contributed by atoms with van der Waals surface area (Å²) in [5.74, 6) is 0.970. The Morgan fingerprint density at radius 2 is 1.79 bits per heavy atom. The van der Waals surface area contributed by atoms with Crippen molar-refractivity contribution in [3.05, 3.63) is 54.1 Å². The number of Topliss-reactive ketones (excluding diaryl/α,β-unsaturated/α-hetero) is 1. The van der Waals surface area contributed by atoms with Gasteiger partial charge in [0.1, 0.15) is 5.75 Å². The molecule has 0 aromatic heterocycles. The first-order valence-electron chi connectivity index (χ1n) is 6.55. The van der Waals surface area contributed by atoms with Crippen LogP contribution in [0, 0.1) is 0 Å². The third-order valence-corrected chi connectivity index (χ3v) is 2.93. The fourth-order valence-corrected chi connectivity index (χ4v) is 1.88. The maximum atomic E-state index is 11.4. The van der Waals surface area contributed by atoms with Crippen LogP contribution in [0.2, 0.25) is 0 Å². The maximum absolute atomic E-state index is 11.4. The number of ketones is 1. The van der Waals surface area contributed by atoms with Crippen molar-refractivity contribution in [3.63, 3.8) is 0 Å². The molecule has 2 heteroatoms. The summed E-state index contributed by atoms with van der Waals surface area (Å²) in [7, 11) is 0. The van der Waals surface area contributed by atoms with Crippen molar-refractivity contribution >= 4 is 5.78 Å². The van der Waals surface area contributed by atoms with Gasteiger partial charge in [-0.3, -0.25) is 4.79 Å². The minimum absolute atomic E-state index is 0.0877. The molecule has 0 saturated heterocycles. The Labute approximate surface area is 114 Å². The molecule has 2 rings (SSSR count). The topological polar surface area (TPSA) is 26.3 Å². The molecular weight excluding hydrogens is 236 g/mol. The largest absolute Gasteiger partial charge is 0.494 e. The first-order chi connectivity index (χ1) is 9.20. The van der Waals surface area contributed by atoms with E-state index in [9.17, 15) is 4.79 Å². The van der Waals surface area contributed by atoms with Crippen LogP contribution in [0.4, 0.5) is 0 Å². The van der Waals surface area contributed by atoms with E-state index in [1.54, 1.807) is 6.92 Å². The van der Waals surface area contributed by atoms with Gasteiger partial charge >= 0.3 is 0 Å². The van der Waals surface area contributed by atoms with Crippen LogP contribution in [-0.4, -0.2) is 12.4 Å². The standard InChI is InChI=1S/C17H18O2/c1-3-11-19-17-9-7-14(8-10-17)16-6-4-5-15(12-16)13(2)18/h4-10,12H,3,11H2,1-2H3. The van der Waals surface area contributed by atoms with Crippen LogP contribution < -0.4 is 4.74 Å². The van der Waals surface area contributed by atoms with Crippen molar-refractivity contribution < 1.29 is 9.53 Å². The minimum Gasteiger partial charge on any atom is -0.494 e. The lowest BCUT2D eigenvalue weighted by molar-refractivity contribution is 0.101. The highest BCUT2D eigenvalue weighted by atomic mass is 16.5. The van der Waals surface area contributed by atoms with Gasteiger partial charge in [-0.1, -0.05) is 37.3 Å². The van der Waals surface area contributed by atoms with Gasteiger partial charge in [0.05, 0.1) is 6.61 Å². The molecular formula is C17H18O2. The third-order valence-electron chi connectivity index (χ3n) is 2.93. The van der Waals surface area contributed by atoms with Crippen LogP contribution in [0.1, 0.15) is 30.6 Å². The Kier molecular flexibility index (Phi) is 4.35. The Morgan fingerprint density at radius 1 is 1.05 bits per heavy atom. The van der Waals surface area contributed by atoms with E-state index in [2.05, 4.69) is 6.92 Å². The van der Waals surface area contributed by atoms with Crippen molar-refractivity contribution in [2.24, 2.45) is 0 Å². The molecule has 0 heterocycles. The molecule has 0 N–H and O–H groups in total. The highest BCUT2D eigenvalue weighted by Gasteiger charge is 2.03. The van der Waals surface area contributed by atoms with Crippen LogP contribution in [0.3, 0.4) is 0 Å². The second-order valence-corrected chi connectivity index (χ2v) is 4.51. The van der Waals surface area contributed by atoms with Crippen molar-refractivity contribution in [2.45, 2.75) is 20.3 Å². The van der Waals surface area contributed by atoms with Gasteiger partial charge < -0.3 is 4.74 Å². The zero-order valence-electron chi connectivity index (χ0n) is 11.3. The average Bonchev–Trinajstić information content (AvgIpc) is 2.46. The Hall–Kier alpha value is -2.09. The van der Waals surface area contributed by atoms with E-state index in [0.717, 1.165) is 35.5 Å². The molecule has 19 heavy (non-hydrogen) atoms. The summed E-state index contributed by atoms with van der Waals surface area (Å²) >= 11 is 0. The van der Waals surface area contributed by atoms with E-state index in [4.69, 9.17) is 4.74 Å². The predicted octanol–water partition coefficient (Wildman–Crippen LogP) is 4.35. The first-order valence-corrected chi connectivity index (χ1v) is 6.55. The lowest BCUT2D eigenvalue weighted by Gasteiger charge is -2.07. The monoisotopic (exact) mass is 254 g/mol. The summed E-state index contributed by atoms with van der Waals surface area (Å²) in [4.78, 5) is 11.4. The van der Waals surface area contributed by atoms with Crippen LogP contribution >= 0.6 is 0 Å². The van der Waals surface area contributed by atoms with E-state index >= 15 is 0 Å². The van der Waals surface area contributed by atoms with Crippen molar-refractivity contribution in [3.8, 4) is 16.9 Å². The van der Waals surface area contributed by atoms with Crippen molar-refractivity contribution in [1.82, 2.24) is 0 Å². The van der Waals surface area contributed by atoms with Crippen molar-refractivity contribution in [1.29, 1.82) is 0 Å². The molecule has 2 aromatic rings. The number of rotatable bonds is 5. The van der Waals surface area contributed by atoms with Crippen LogP contribution in [-0.2, 0) is 0 Å². The van der Waals surface area contributed by atoms with E-state index in [-0.39, 0.29) is 5.78 Å². The highest BCUT2D eigenvalue weighted by Crippen LogP contribution is 2.23. The lowest BCUT2D eigenvalue weighted by Crippen LogP contribution is -1.94. The normalized spacial score (nSPS) is 10.2. The number of carbonyl (C=O) groups excluding carboxylic acids is 1. The van der Waals surface area contributed by atoms with E-state index < -0.39 is 0 Å². The first kappa shape index (κ1) is 13.3. The molecule has 2 aromatic carbocycles. The number of carbonyl (C=O) groups is 1. The number of ether oxygens (including phenoxy) is 1. The molecule has 0 unspecified atom stereocenters. The highest BCUT2D eigenvalue weighted by molar-refractivity contribution is 5.95. The number of benzene rings is 2. The summed E-state index contributed by atoms with van der Waals surface area (Å²) in [5.41, 5.74) is 2.88. The molecule has 0 aliphatic rings.